The van der Waals surface area contributed by atoms with Gasteiger partial charge >= 0.3 is 6.09 Å². The summed E-state index contributed by atoms with van der Waals surface area (Å²) in [5.41, 5.74) is 0.0370. The van der Waals surface area contributed by atoms with Crippen LogP contribution in [0.3, 0.4) is 0 Å². The van der Waals surface area contributed by atoms with Crippen LogP contribution in [0.1, 0.15) is 39.5 Å². The van der Waals surface area contributed by atoms with Gasteiger partial charge < -0.3 is 9.64 Å². The molecule has 21 heavy (non-hydrogen) atoms. The van der Waals surface area contributed by atoms with E-state index in [-0.39, 0.29) is 17.4 Å². The van der Waals surface area contributed by atoms with Crippen molar-refractivity contribution in [2.45, 2.75) is 39.5 Å². The van der Waals surface area contributed by atoms with Gasteiger partial charge in [-0.05, 0) is 31.1 Å². The highest BCUT2D eigenvalue weighted by Gasteiger charge is 2.43. The zero-order valence-electron chi connectivity index (χ0n) is 13.0. The number of terminal acetylenes is 1. The molecule has 114 valence electrons. The molecule has 2 rings (SSSR count). The molecule has 4 heteroatoms. The smallest absolute Gasteiger partial charge is 0.409 e. The summed E-state index contributed by atoms with van der Waals surface area (Å²) in [5.74, 6) is 3.41. The van der Waals surface area contributed by atoms with Crippen molar-refractivity contribution in [3.63, 3.8) is 0 Å². The van der Waals surface area contributed by atoms with Crippen LogP contribution in [0.25, 0.3) is 0 Å². The molecule has 1 heterocycles. The predicted molar refractivity (Wildman–Crippen MR) is 80.1 cm³/mol. The number of ether oxygens (including phenoxy) is 1. The van der Waals surface area contributed by atoms with E-state index in [0.717, 1.165) is 19.3 Å². The summed E-state index contributed by atoms with van der Waals surface area (Å²) >= 11 is 0. The van der Waals surface area contributed by atoms with Gasteiger partial charge in [0, 0.05) is 24.9 Å². The zero-order chi connectivity index (χ0) is 15.5. The molecule has 2 fully saturated rings. The molecule has 0 aromatic rings. The van der Waals surface area contributed by atoms with Crippen molar-refractivity contribution >= 4 is 6.09 Å². The standard InChI is InChI=1S/C17H24N2O2/c1-4-6-17(7-8-17)12-21-16(20)19-9-5-15(13(2)3)14(10-18)11-19/h1,13-15H,5-9,11-12H2,2-3H3. The van der Waals surface area contributed by atoms with Gasteiger partial charge in [-0.2, -0.15) is 5.26 Å². The number of rotatable bonds is 4. The molecular weight excluding hydrogens is 264 g/mol. The van der Waals surface area contributed by atoms with Crippen LogP contribution in [0.5, 0.6) is 0 Å². The fourth-order valence-corrected chi connectivity index (χ4v) is 3.14. The van der Waals surface area contributed by atoms with Gasteiger partial charge in [0.2, 0.25) is 0 Å². The lowest BCUT2D eigenvalue weighted by molar-refractivity contribution is 0.0579. The maximum Gasteiger partial charge on any atom is 0.409 e. The Bertz CT molecular complexity index is 468. The van der Waals surface area contributed by atoms with Crippen molar-refractivity contribution in [1.82, 2.24) is 4.90 Å². The van der Waals surface area contributed by atoms with Gasteiger partial charge in [-0.25, -0.2) is 4.79 Å². The number of hydrogen-bond acceptors (Lipinski definition) is 3. The second-order valence-electron chi connectivity index (χ2n) is 6.81. The summed E-state index contributed by atoms with van der Waals surface area (Å²) in [6.07, 6.45) is 8.69. The minimum absolute atomic E-state index is 0.0370. The normalized spacial score (nSPS) is 26.8. The van der Waals surface area contributed by atoms with Crippen molar-refractivity contribution in [2.75, 3.05) is 19.7 Å². The third kappa shape index (κ3) is 3.70. The Labute approximate surface area is 127 Å². The first-order valence-electron chi connectivity index (χ1n) is 7.76. The Kier molecular flexibility index (Phi) is 4.78. The van der Waals surface area contributed by atoms with Crippen LogP contribution in [0.4, 0.5) is 4.79 Å². The molecular formula is C17H24N2O2. The van der Waals surface area contributed by atoms with Gasteiger partial charge in [0.05, 0.1) is 18.6 Å². The van der Waals surface area contributed by atoms with Crippen LogP contribution in [0.15, 0.2) is 0 Å². The van der Waals surface area contributed by atoms with E-state index in [1.165, 1.54) is 0 Å². The molecule has 0 aromatic heterocycles. The molecule has 1 saturated carbocycles. The van der Waals surface area contributed by atoms with Crippen LogP contribution in [0.2, 0.25) is 0 Å². The fraction of sp³-hybridized carbons (Fsp3) is 0.765. The molecule has 1 saturated heterocycles. The van der Waals surface area contributed by atoms with E-state index in [2.05, 4.69) is 25.8 Å². The van der Waals surface area contributed by atoms with Gasteiger partial charge in [-0.15, -0.1) is 12.3 Å². The minimum Gasteiger partial charge on any atom is -0.449 e. The molecule has 1 amide bonds. The molecule has 1 aliphatic heterocycles. The lowest BCUT2D eigenvalue weighted by Crippen LogP contribution is -2.45. The summed E-state index contributed by atoms with van der Waals surface area (Å²) in [4.78, 5) is 13.8. The second-order valence-corrected chi connectivity index (χ2v) is 6.81. The molecule has 0 aromatic carbocycles. The highest BCUT2D eigenvalue weighted by molar-refractivity contribution is 5.67. The van der Waals surface area contributed by atoms with Gasteiger partial charge in [0.15, 0.2) is 0 Å². The number of likely N-dealkylation sites (tertiary alicyclic amines) is 1. The third-order valence-corrected chi connectivity index (χ3v) is 4.88. The van der Waals surface area contributed by atoms with E-state index in [1.54, 1.807) is 4.90 Å². The SMILES string of the molecule is C#CCC1(COC(=O)N2CCC(C(C)C)C(C#N)C2)CC1. The monoisotopic (exact) mass is 288 g/mol. The number of amides is 1. The molecule has 2 atom stereocenters. The number of piperidine rings is 1. The number of carbonyl (C=O) groups is 1. The van der Waals surface area contributed by atoms with Crippen molar-refractivity contribution < 1.29 is 9.53 Å². The highest BCUT2D eigenvalue weighted by atomic mass is 16.6. The number of nitriles is 1. The average Bonchev–Trinajstić information content (AvgIpc) is 3.24. The highest BCUT2D eigenvalue weighted by Crippen LogP contribution is 2.48. The van der Waals surface area contributed by atoms with E-state index in [9.17, 15) is 10.1 Å². The van der Waals surface area contributed by atoms with Crippen LogP contribution in [-0.2, 0) is 4.74 Å². The van der Waals surface area contributed by atoms with Crippen molar-refractivity contribution in [2.24, 2.45) is 23.2 Å². The van der Waals surface area contributed by atoms with Crippen molar-refractivity contribution in [3.8, 4) is 18.4 Å². The van der Waals surface area contributed by atoms with Gasteiger partial charge in [-0.1, -0.05) is 13.8 Å². The summed E-state index contributed by atoms with van der Waals surface area (Å²) in [5, 5.41) is 9.30. The number of hydrogen-bond donors (Lipinski definition) is 0. The van der Waals surface area contributed by atoms with Crippen LogP contribution in [-0.4, -0.2) is 30.7 Å². The molecule has 0 bridgehead atoms. The molecule has 0 N–H and O–H groups in total. The molecule has 0 spiro atoms. The van der Waals surface area contributed by atoms with E-state index in [1.807, 2.05) is 0 Å². The lowest BCUT2D eigenvalue weighted by atomic mass is 9.79. The van der Waals surface area contributed by atoms with Crippen molar-refractivity contribution in [1.29, 1.82) is 5.26 Å². The fourth-order valence-electron chi connectivity index (χ4n) is 3.14. The van der Waals surface area contributed by atoms with Gasteiger partial charge in [0.25, 0.3) is 0 Å². The van der Waals surface area contributed by atoms with E-state index >= 15 is 0 Å². The Hall–Kier alpha value is -1.68. The zero-order valence-corrected chi connectivity index (χ0v) is 13.0. The Morgan fingerprint density at radius 1 is 1.52 bits per heavy atom. The maximum atomic E-state index is 12.2. The number of nitrogens with zero attached hydrogens (tertiary/aromatic N) is 2. The maximum absolute atomic E-state index is 12.2. The van der Waals surface area contributed by atoms with Crippen LogP contribution in [0, 0.1) is 46.8 Å². The third-order valence-electron chi connectivity index (χ3n) is 4.88. The quantitative estimate of drug-likeness (QED) is 0.747. The number of carbonyl (C=O) groups excluding carboxylic acids is 1. The second kappa shape index (κ2) is 6.39. The first-order valence-corrected chi connectivity index (χ1v) is 7.76. The molecule has 0 radical (unpaired) electrons. The molecule has 2 aliphatic rings. The summed E-state index contributed by atoms with van der Waals surface area (Å²) in [6.45, 7) is 5.86. The van der Waals surface area contributed by atoms with E-state index < -0.39 is 0 Å². The first kappa shape index (κ1) is 15.7. The lowest BCUT2D eigenvalue weighted by Gasteiger charge is -2.36. The van der Waals surface area contributed by atoms with Crippen molar-refractivity contribution in [3.05, 3.63) is 0 Å². The summed E-state index contributed by atoms with van der Waals surface area (Å²) < 4.78 is 5.43. The van der Waals surface area contributed by atoms with Gasteiger partial charge in [-0.3, -0.25) is 0 Å². The largest absolute Gasteiger partial charge is 0.449 e. The summed E-state index contributed by atoms with van der Waals surface area (Å²) in [7, 11) is 0. The Morgan fingerprint density at radius 3 is 2.76 bits per heavy atom. The van der Waals surface area contributed by atoms with Crippen LogP contribution >= 0.6 is 0 Å². The van der Waals surface area contributed by atoms with E-state index in [4.69, 9.17) is 11.2 Å². The Balaban J connectivity index is 1.84. The van der Waals surface area contributed by atoms with Gasteiger partial charge in [0.1, 0.15) is 0 Å². The molecule has 4 nitrogen and oxygen atoms in total. The molecule has 2 unspecified atom stereocenters. The molecule has 1 aliphatic carbocycles. The predicted octanol–water partition coefficient (Wildman–Crippen LogP) is 3.04. The topological polar surface area (TPSA) is 53.3 Å². The summed E-state index contributed by atoms with van der Waals surface area (Å²) in [6, 6.07) is 2.35. The average molecular weight is 288 g/mol. The first-order chi connectivity index (χ1) is 10.0. The Morgan fingerprint density at radius 2 is 2.24 bits per heavy atom. The van der Waals surface area contributed by atoms with E-state index in [0.29, 0.717) is 38.0 Å². The minimum atomic E-state index is -0.291. The van der Waals surface area contributed by atoms with Crippen LogP contribution < -0.4 is 0 Å².